The molecule has 12 heteroatoms. The first-order chi connectivity index (χ1) is 16.3. The van der Waals surface area contributed by atoms with Crippen molar-refractivity contribution in [3.8, 4) is 10.6 Å². The van der Waals surface area contributed by atoms with E-state index in [-0.39, 0.29) is 25.8 Å². The Morgan fingerprint density at radius 1 is 0.912 bits per heavy atom. The number of benzene rings is 3. The number of halogens is 3. The molecule has 174 valence electrons. The molecule has 4 aromatic rings. The molecule has 3 aromatic carbocycles. The maximum atomic E-state index is 13.4. The smallest absolute Gasteiger partial charge is 0.264 e. The second kappa shape index (κ2) is 10.3. The maximum absolute atomic E-state index is 13.4. The predicted molar refractivity (Wildman–Crippen MR) is 136 cm³/mol. The van der Waals surface area contributed by atoms with Gasteiger partial charge in [-0.3, -0.25) is 14.4 Å². The summed E-state index contributed by atoms with van der Waals surface area (Å²) in [5.41, 5.74) is 0.855. The van der Waals surface area contributed by atoms with Gasteiger partial charge in [-0.2, -0.15) is 0 Å². The summed E-state index contributed by atoms with van der Waals surface area (Å²) >= 11 is 19.5. The van der Waals surface area contributed by atoms with Crippen molar-refractivity contribution in [1.82, 2.24) is 10.2 Å². The normalized spacial score (nSPS) is 11.3. The van der Waals surface area contributed by atoms with E-state index in [4.69, 9.17) is 34.8 Å². The molecule has 1 N–H and O–H groups in total. The van der Waals surface area contributed by atoms with E-state index in [0.29, 0.717) is 10.0 Å². The van der Waals surface area contributed by atoms with Crippen LogP contribution in [0.15, 0.2) is 77.7 Å². The summed E-state index contributed by atoms with van der Waals surface area (Å²) in [6.45, 7) is -0.562. The van der Waals surface area contributed by atoms with Gasteiger partial charge in [0.1, 0.15) is 11.6 Å². The minimum atomic E-state index is -4.14. The van der Waals surface area contributed by atoms with Crippen LogP contribution in [0.5, 0.6) is 0 Å². The zero-order chi connectivity index (χ0) is 24.3. The van der Waals surface area contributed by atoms with Crippen molar-refractivity contribution in [2.24, 2.45) is 0 Å². The standard InChI is InChI=1S/C22H15Cl3N4O3S2/c23-15-11-9-14(10-12-15)21-27-28-22(33-21)26-19(30)13-29(18-8-4-7-17(24)20(18)25)34(31,32)16-5-2-1-3-6-16/h1-12H,13H2,(H,26,28,30). The van der Waals surface area contributed by atoms with E-state index in [1.54, 1.807) is 48.5 Å². The Morgan fingerprint density at radius 2 is 1.62 bits per heavy atom. The fourth-order valence-electron chi connectivity index (χ4n) is 2.98. The third-order valence-corrected chi connectivity index (χ3v) is 8.30. The monoisotopic (exact) mass is 552 g/mol. The van der Waals surface area contributed by atoms with Crippen molar-refractivity contribution < 1.29 is 13.2 Å². The number of sulfonamides is 1. The summed E-state index contributed by atoms with van der Waals surface area (Å²) in [4.78, 5) is 12.9. The molecule has 7 nitrogen and oxygen atoms in total. The molecule has 0 aliphatic rings. The number of nitrogens with zero attached hydrogens (tertiary/aromatic N) is 3. The Labute approximate surface area is 215 Å². The van der Waals surface area contributed by atoms with Crippen molar-refractivity contribution in [2.45, 2.75) is 4.90 Å². The van der Waals surface area contributed by atoms with Crippen LogP contribution in [0.4, 0.5) is 10.8 Å². The molecule has 34 heavy (non-hydrogen) atoms. The van der Waals surface area contributed by atoms with Crippen LogP contribution in [0.2, 0.25) is 15.1 Å². The highest BCUT2D eigenvalue weighted by atomic mass is 35.5. The lowest BCUT2D eigenvalue weighted by molar-refractivity contribution is -0.114. The molecule has 0 saturated carbocycles. The van der Waals surface area contributed by atoms with Crippen molar-refractivity contribution in [3.05, 3.63) is 87.9 Å². The Kier molecular flexibility index (Phi) is 7.39. The van der Waals surface area contributed by atoms with Gasteiger partial charge in [0.2, 0.25) is 11.0 Å². The van der Waals surface area contributed by atoms with Crippen molar-refractivity contribution >= 4 is 72.9 Å². The number of hydrogen-bond acceptors (Lipinski definition) is 6. The van der Waals surface area contributed by atoms with Gasteiger partial charge in [-0.1, -0.05) is 82.5 Å². The molecule has 4 rings (SSSR count). The minimum Gasteiger partial charge on any atom is -0.299 e. The first-order valence-corrected chi connectivity index (χ1v) is 13.1. The molecule has 1 heterocycles. The minimum absolute atomic E-state index is 0.000202. The molecule has 0 unspecified atom stereocenters. The topological polar surface area (TPSA) is 92.3 Å². The van der Waals surface area contributed by atoms with Gasteiger partial charge in [0, 0.05) is 10.6 Å². The Hall–Kier alpha value is -2.69. The molecule has 0 radical (unpaired) electrons. The second-order valence-electron chi connectivity index (χ2n) is 6.87. The highest BCUT2D eigenvalue weighted by molar-refractivity contribution is 7.92. The van der Waals surface area contributed by atoms with Crippen LogP contribution in [-0.2, 0) is 14.8 Å². The molecule has 0 aliphatic carbocycles. The molecular weight excluding hydrogens is 539 g/mol. The summed E-state index contributed by atoms with van der Waals surface area (Å²) in [5, 5.41) is 12.2. The van der Waals surface area contributed by atoms with Gasteiger partial charge in [0.15, 0.2) is 0 Å². The number of amides is 1. The predicted octanol–water partition coefficient (Wildman–Crippen LogP) is 6.00. The van der Waals surface area contributed by atoms with Gasteiger partial charge in [-0.15, -0.1) is 10.2 Å². The van der Waals surface area contributed by atoms with Gasteiger partial charge >= 0.3 is 0 Å². The van der Waals surface area contributed by atoms with E-state index in [2.05, 4.69) is 15.5 Å². The van der Waals surface area contributed by atoms with Gasteiger partial charge in [0.05, 0.1) is 20.6 Å². The maximum Gasteiger partial charge on any atom is 0.264 e. The first kappa shape index (κ1) is 24.4. The number of anilines is 2. The molecule has 1 aromatic heterocycles. The lowest BCUT2D eigenvalue weighted by Crippen LogP contribution is -2.38. The summed E-state index contributed by atoms with van der Waals surface area (Å²) in [5.74, 6) is -0.630. The summed E-state index contributed by atoms with van der Waals surface area (Å²) in [6, 6.07) is 19.3. The molecule has 1 amide bonds. The Balaban J connectivity index is 1.61. The fraction of sp³-hybridized carbons (Fsp3) is 0.0455. The Morgan fingerprint density at radius 3 is 2.32 bits per heavy atom. The molecular formula is C22H15Cl3N4O3S2. The quantitative estimate of drug-likeness (QED) is 0.303. The Bertz CT molecular complexity index is 1430. The third-order valence-electron chi connectivity index (χ3n) is 4.58. The van der Waals surface area contributed by atoms with Crippen LogP contribution in [0.3, 0.4) is 0 Å². The van der Waals surface area contributed by atoms with Gasteiger partial charge in [0.25, 0.3) is 10.0 Å². The molecule has 0 atom stereocenters. The molecule has 0 bridgehead atoms. The SMILES string of the molecule is O=C(CN(c1cccc(Cl)c1Cl)S(=O)(=O)c1ccccc1)Nc1nnc(-c2ccc(Cl)cc2)s1. The summed E-state index contributed by atoms with van der Waals surface area (Å²) in [6.07, 6.45) is 0. The number of nitrogens with one attached hydrogen (secondary N) is 1. The van der Waals surface area contributed by atoms with Gasteiger partial charge < -0.3 is 0 Å². The van der Waals surface area contributed by atoms with Gasteiger partial charge in [-0.25, -0.2) is 8.42 Å². The van der Waals surface area contributed by atoms with Crippen LogP contribution in [-0.4, -0.2) is 31.1 Å². The first-order valence-electron chi connectivity index (χ1n) is 9.67. The van der Waals surface area contributed by atoms with Crippen LogP contribution >= 0.6 is 46.1 Å². The average Bonchev–Trinajstić information content (AvgIpc) is 3.29. The van der Waals surface area contributed by atoms with Crippen molar-refractivity contribution in [1.29, 1.82) is 0 Å². The second-order valence-corrected chi connectivity index (χ2v) is 10.9. The van der Waals surface area contributed by atoms with Gasteiger partial charge in [-0.05, 0) is 36.4 Å². The highest BCUT2D eigenvalue weighted by Crippen LogP contribution is 2.35. The highest BCUT2D eigenvalue weighted by Gasteiger charge is 2.29. The molecule has 0 spiro atoms. The van der Waals surface area contributed by atoms with Crippen LogP contribution in [0.25, 0.3) is 10.6 Å². The third kappa shape index (κ3) is 5.34. The molecule has 0 saturated heterocycles. The molecule has 0 fully saturated rings. The number of aromatic nitrogens is 2. The average molecular weight is 554 g/mol. The van der Waals surface area contributed by atoms with E-state index in [1.165, 1.54) is 24.3 Å². The zero-order valence-corrected chi connectivity index (χ0v) is 21.1. The van der Waals surface area contributed by atoms with E-state index in [0.717, 1.165) is 21.2 Å². The zero-order valence-electron chi connectivity index (χ0n) is 17.2. The van der Waals surface area contributed by atoms with Crippen LogP contribution in [0.1, 0.15) is 0 Å². The van der Waals surface area contributed by atoms with Crippen LogP contribution in [0, 0.1) is 0 Å². The van der Waals surface area contributed by atoms with Crippen LogP contribution < -0.4 is 9.62 Å². The number of carbonyl (C=O) groups excluding carboxylic acids is 1. The molecule has 0 aliphatic heterocycles. The summed E-state index contributed by atoms with van der Waals surface area (Å²) in [7, 11) is -4.14. The largest absolute Gasteiger partial charge is 0.299 e. The summed E-state index contributed by atoms with van der Waals surface area (Å²) < 4.78 is 27.7. The van der Waals surface area contributed by atoms with Crippen molar-refractivity contribution in [2.75, 3.05) is 16.2 Å². The lowest BCUT2D eigenvalue weighted by atomic mass is 10.2. The number of carbonyl (C=O) groups is 1. The van der Waals surface area contributed by atoms with E-state index in [1.807, 2.05) is 0 Å². The fourth-order valence-corrected chi connectivity index (χ4v) is 5.77. The lowest BCUT2D eigenvalue weighted by Gasteiger charge is -2.25. The number of rotatable bonds is 7. The van der Waals surface area contributed by atoms with E-state index >= 15 is 0 Å². The van der Waals surface area contributed by atoms with Crippen molar-refractivity contribution in [3.63, 3.8) is 0 Å². The van der Waals surface area contributed by atoms with E-state index < -0.39 is 22.5 Å². The number of hydrogen-bond donors (Lipinski definition) is 1. The van der Waals surface area contributed by atoms with E-state index in [9.17, 15) is 13.2 Å².